The standard InChI is InChI=1S/C21H22FN3O2S/c1-13(2)10-19-25-14(3)20(28-19)21(26)24-12-15-8-9-23-18(11-15)27-17-6-4-16(22)5-7-17/h4-9,11,13H,10,12H2,1-3H3,(H,24,26). The van der Waals surface area contributed by atoms with E-state index in [4.69, 9.17) is 4.74 Å². The van der Waals surface area contributed by atoms with Gasteiger partial charge in [0.25, 0.3) is 5.91 Å². The number of pyridine rings is 1. The molecular weight excluding hydrogens is 377 g/mol. The highest BCUT2D eigenvalue weighted by Crippen LogP contribution is 2.22. The zero-order chi connectivity index (χ0) is 20.1. The monoisotopic (exact) mass is 399 g/mol. The molecule has 0 fully saturated rings. The first-order chi connectivity index (χ1) is 13.4. The molecule has 2 heterocycles. The molecular formula is C21H22FN3O2S. The van der Waals surface area contributed by atoms with E-state index in [1.54, 1.807) is 12.3 Å². The van der Waals surface area contributed by atoms with Crippen LogP contribution in [0.1, 0.15) is 39.8 Å². The number of hydrogen-bond acceptors (Lipinski definition) is 5. The fraction of sp³-hybridized carbons (Fsp3) is 0.286. The number of hydrogen-bond donors (Lipinski definition) is 1. The molecule has 1 N–H and O–H groups in total. The van der Waals surface area contributed by atoms with Crippen molar-refractivity contribution < 1.29 is 13.9 Å². The quantitative estimate of drug-likeness (QED) is 0.613. The molecule has 0 saturated heterocycles. The number of carbonyl (C=O) groups is 1. The zero-order valence-electron chi connectivity index (χ0n) is 16.0. The highest BCUT2D eigenvalue weighted by Gasteiger charge is 2.15. The second kappa shape index (κ2) is 8.93. The summed E-state index contributed by atoms with van der Waals surface area (Å²) in [5.74, 6) is 0.909. The number of ether oxygens (including phenoxy) is 1. The van der Waals surface area contributed by atoms with Gasteiger partial charge in [-0.15, -0.1) is 11.3 Å². The van der Waals surface area contributed by atoms with Gasteiger partial charge in [0, 0.05) is 25.2 Å². The molecule has 7 heteroatoms. The largest absolute Gasteiger partial charge is 0.439 e. The molecule has 0 radical (unpaired) electrons. The summed E-state index contributed by atoms with van der Waals surface area (Å²) in [6.07, 6.45) is 2.48. The number of amides is 1. The van der Waals surface area contributed by atoms with Crippen LogP contribution in [0.3, 0.4) is 0 Å². The number of carbonyl (C=O) groups excluding carboxylic acids is 1. The molecule has 0 spiro atoms. The van der Waals surface area contributed by atoms with Crippen molar-refractivity contribution in [3.8, 4) is 11.6 Å². The van der Waals surface area contributed by atoms with Crippen LogP contribution in [0.5, 0.6) is 11.6 Å². The van der Waals surface area contributed by atoms with Crippen molar-refractivity contribution in [1.82, 2.24) is 15.3 Å². The number of nitrogens with one attached hydrogen (secondary N) is 1. The first-order valence-electron chi connectivity index (χ1n) is 9.03. The van der Waals surface area contributed by atoms with E-state index in [-0.39, 0.29) is 11.7 Å². The van der Waals surface area contributed by atoms with E-state index in [2.05, 4.69) is 29.1 Å². The summed E-state index contributed by atoms with van der Waals surface area (Å²) in [6.45, 7) is 6.46. The van der Waals surface area contributed by atoms with Gasteiger partial charge in [0.05, 0.1) is 10.7 Å². The van der Waals surface area contributed by atoms with E-state index in [1.807, 2.05) is 13.0 Å². The third kappa shape index (κ3) is 5.36. The molecule has 0 atom stereocenters. The Kier molecular flexibility index (Phi) is 6.36. The molecule has 0 bridgehead atoms. The average Bonchev–Trinajstić information content (AvgIpc) is 3.01. The lowest BCUT2D eigenvalue weighted by Crippen LogP contribution is -2.22. The third-order valence-electron chi connectivity index (χ3n) is 3.92. The van der Waals surface area contributed by atoms with Gasteiger partial charge in [-0.2, -0.15) is 0 Å². The number of halogens is 1. The Balaban J connectivity index is 1.62. The SMILES string of the molecule is Cc1nc(CC(C)C)sc1C(=O)NCc1ccnc(Oc2ccc(F)cc2)c1. The number of thiazole rings is 1. The van der Waals surface area contributed by atoms with Gasteiger partial charge in [0.2, 0.25) is 5.88 Å². The lowest BCUT2D eigenvalue weighted by molar-refractivity contribution is 0.0954. The summed E-state index contributed by atoms with van der Waals surface area (Å²) >= 11 is 1.45. The predicted octanol–water partition coefficient (Wildman–Crippen LogP) is 4.91. The van der Waals surface area contributed by atoms with Crippen LogP contribution in [0.15, 0.2) is 42.6 Å². The maximum Gasteiger partial charge on any atom is 0.263 e. The summed E-state index contributed by atoms with van der Waals surface area (Å²) in [5, 5.41) is 3.90. The molecule has 1 amide bonds. The van der Waals surface area contributed by atoms with Crippen molar-refractivity contribution in [2.24, 2.45) is 5.92 Å². The Bertz CT molecular complexity index is 955. The lowest BCUT2D eigenvalue weighted by atomic mass is 10.1. The van der Waals surface area contributed by atoms with E-state index < -0.39 is 0 Å². The molecule has 0 aliphatic rings. The zero-order valence-corrected chi connectivity index (χ0v) is 16.8. The molecule has 3 rings (SSSR count). The summed E-state index contributed by atoms with van der Waals surface area (Å²) < 4.78 is 18.6. The van der Waals surface area contributed by atoms with Crippen LogP contribution in [0, 0.1) is 18.7 Å². The third-order valence-corrected chi connectivity index (χ3v) is 5.10. The van der Waals surface area contributed by atoms with Gasteiger partial charge >= 0.3 is 0 Å². The van der Waals surface area contributed by atoms with Crippen LogP contribution in [0.25, 0.3) is 0 Å². The predicted molar refractivity (Wildman–Crippen MR) is 107 cm³/mol. The topological polar surface area (TPSA) is 64.1 Å². The van der Waals surface area contributed by atoms with Crippen molar-refractivity contribution in [2.75, 3.05) is 0 Å². The summed E-state index contributed by atoms with van der Waals surface area (Å²) in [6, 6.07) is 9.27. The second-order valence-corrected chi connectivity index (χ2v) is 7.94. The Morgan fingerprint density at radius 3 is 2.71 bits per heavy atom. The number of nitrogens with zero attached hydrogens (tertiary/aromatic N) is 2. The first kappa shape index (κ1) is 19.9. The highest BCUT2D eigenvalue weighted by atomic mass is 32.1. The summed E-state index contributed by atoms with van der Waals surface area (Å²) in [5.41, 5.74) is 1.61. The molecule has 2 aromatic heterocycles. The smallest absolute Gasteiger partial charge is 0.263 e. The number of aryl methyl sites for hydroxylation is 1. The van der Waals surface area contributed by atoms with Crippen LogP contribution >= 0.6 is 11.3 Å². The maximum absolute atomic E-state index is 13.0. The Hall–Kier alpha value is -2.80. The first-order valence-corrected chi connectivity index (χ1v) is 9.85. The Morgan fingerprint density at radius 1 is 1.25 bits per heavy atom. The molecule has 1 aromatic carbocycles. The number of aromatic nitrogens is 2. The van der Waals surface area contributed by atoms with Gasteiger partial charge < -0.3 is 10.1 Å². The fourth-order valence-electron chi connectivity index (χ4n) is 2.60. The fourth-order valence-corrected chi connectivity index (χ4v) is 3.79. The minimum atomic E-state index is -0.327. The molecule has 28 heavy (non-hydrogen) atoms. The van der Waals surface area contributed by atoms with Gasteiger partial charge in [0.15, 0.2) is 0 Å². The normalized spacial score (nSPS) is 10.9. The van der Waals surface area contributed by atoms with Crippen LogP contribution in [0.4, 0.5) is 4.39 Å². The molecule has 0 aliphatic carbocycles. The van der Waals surface area contributed by atoms with E-state index in [9.17, 15) is 9.18 Å². The maximum atomic E-state index is 13.0. The van der Waals surface area contributed by atoms with Gasteiger partial charge in [-0.25, -0.2) is 14.4 Å². The molecule has 0 saturated carbocycles. The van der Waals surface area contributed by atoms with E-state index >= 15 is 0 Å². The van der Waals surface area contributed by atoms with Gasteiger partial charge in [-0.05, 0) is 48.7 Å². The van der Waals surface area contributed by atoms with Gasteiger partial charge in [0.1, 0.15) is 16.4 Å². The van der Waals surface area contributed by atoms with Crippen molar-refractivity contribution in [3.05, 3.63) is 69.6 Å². The highest BCUT2D eigenvalue weighted by molar-refractivity contribution is 7.13. The van der Waals surface area contributed by atoms with E-state index in [1.165, 1.54) is 35.6 Å². The molecule has 0 aliphatic heterocycles. The minimum absolute atomic E-state index is 0.136. The van der Waals surface area contributed by atoms with Crippen molar-refractivity contribution in [3.63, 3.8) is 0 Å². The molecule has 5 nitrogen and oxygen atoms in total. The van der Waals surface area contributed by atoms with Gasteiger partial charge in [-0.3, -0.25) is 4.79 Å². The van der Waals surface area contributed by atoms with Crippen LogP contribution < -0.4 is 10.1 Å². The van der Waals surface area contributed by atoms with E-state index in [0.717, 1.165) is 22.7 Å². The Labute approximate surface area is 167 Å². The van der Waals surface area contributed by atoms with Crippen molar-refractivity contribution >= 4 is 17.2 Å². The number of rotatable bonds is 7. The minimum Gasteiger partial charge on any atom is -0.439 e. The average molecular weight is 399 g/mol. The molecule has 146 valence electrons. The number of benzene rings is 1. The van der Waals surface area contributed by atoms with Crippen molar-refractivity contribution in [1.29, 1.82) is 0 Å². The second-order valence-electron chi connectivity index (χ2n) is 6.86. The van der Waals surface area contributed by atoms with E-state index in [0.29, 0.717) is 29.0 Å². The van der Waals surface area contributed by atoms with Crippen LogP contribution in [-0.2, 0) is 13.0 Å². The van der Waals surface area contributed by atoms with Gasteiger partial charge in [-0.1, -0.05) is 13.8 Å². The molecule has 3 aromatic rings. The Morgan fingerprint density at radius 2 is 2.00 bits per heavy atom. The summed E-state index contributed by atoms with van der Waals surface area (Å²) in [4.78, 5) is 21.8. The lowest BCUT2D eigenvalue weighted by Gasteiger charge is -2.08. The van der Waals surface area contributed by atoms with Crippen LogP contribution in [0.2, 0.25) is 0 Å². The van der Waals surface area contributed by atoms with Crippen molar-refractivity contribution in [2.45, 2.75) is 33.7 Å². The summed E-state index contributed by atoms with van der Waals surface area (Å²) in [7, 11) is 0. The van der Waals surface area contributed by atoms with Crippen LogP contribution in [-0.4, -0.2) is 15.9 Å². The molecule has 0 unspecified atom stereocenters.